The van der Waals surface area contributed by atoms with Gasteiger partial charge in [-0.25, -0.2) is 9.97 Å². The second-order valence-corrected chi connectivity index (χ2v) is 4.93. The minimum atomic E-state index is 0.522. The van der Waals surface area contributed by atoms with E-state index in [2.05, 4.69) is 31.0 Å². The van der Waals surface area contributed by atoms with Gasteiger partial charge in [-0.1, -0.05) is 18.2 Å². The molecule has 4 heteroatoms. The molecule has 0 bridgehead atoms. The largest absolute Gasteiger partial charge is 0.383 e. The zero-order valence-corrected chi connectivity index (χ0v) is 11.2. The molecule has 0 saturated heterocycles. The van der Waals surface area contributed by atoms with Crippen LogP contribution in [-0.4, -0.2) is 16.6 Å². The minimum Gasteiger partial charge on any atom is -0.383 e. The molecule has 0 fully saturated rings. The van der Waals surface area contributed by atoms with Crippen LogP contribution in [0.3, 0.4) is 0 Å². The van der Waals surface area contributed by atoms with Gasteiger partial charge < -0.3 is 10.5 Å². The molecule has 0 unspecified atom stereocenters. The van der Waals surface area contributed by atoms with E-state index in [9.17, 15) is 0 Å². The summed E-state index contributed by atoms with van der Waals surface area (Å²) in [6.07, 6.45) is 0.806. The number of nitrogens with zero attached hydrogens (tertiary/aromatic N) is 2. The molecule has 19 heavy (non-hydrogen) atoms. The lowest BCUT2D eigenvalue weighted by molar-refractivity contribution is 0.109. The minimum absolute atomic E-state index is 0.522. The first-order chi connectivity index (χ1) is 9.16. The van der Waals surface area contributed by atoms with Gasteiger partial charge in [0, 0.05) is 17.5 Å². The Hall–Kier alpha value is -1.94. The van der Waals surface area contributed by atoms with E-state index >= 15 is 0 Å². The summed E-state index contributed by atoms with van der Waals surface area (Å²) in [4.78, 5) is 9.16. The van der Waals surface area contributed by atoms with Crippen LogP contribution < -0.4 is 5.73 Å². The maximum Gasteiger partial charge on any atom is 0.162 e. The molecule has 1 aliphatic rings. The third-order valence-electron chi connectivity index (χ3n) is 3.56. The lowest BCUT2D eigenvalue weighted by Crippen LogP contribution is -2.16. The summed E-state index contributed by atoms with van der Waals surface area (Å²) < 4.78 is 5.41. The summed E-state index contributed by atoms with van der Waals surface area (Å²) >= 11 is 0. The summed E-state index contributed by atoms with van der Waals surface area (Å²) in [5.74, 6) is 1.27. The molecular weight excluding hydrogens is 238 g/mol. The molecule has 0 spiro atoms. The van der Waals surface area contributed by atoms with Gasteiger partial charge in [-0.15, -0.1) is 0 Å². The SMILES string of the molecule is Cc1cccc(C)c1-c1nc(N)c2c(n1)CCOC2. The van der Waals surface area contributed by atoms with Crippen molar-refractivity contribution in [1.82, 2.24) is 9.97 Å². The highest BCUT2D eigenvalue weighted by Gasteiger charge is 2.18. The third-order valence-corrected chi connectivity index (χ3v) is 3.56. The monoisotopic (exact) mass is 255 g/mol. The van der Waals surface area contributed by atoms with Crippen molar-refractivity contribution in [3.8, 4) is 11.4 Å². The summed E-state index contributed by atoms with van der Waals surface area (Å²) in [5, 5.41) is 0. The fourth-order valence-corrected chi connectivity index (χ4v) is 2.54. The van der Waals surface area contributed by atoms with E-state index < -0.39 is 0 Å². The van der Waals surface area contributed by atoms with Crippen LogP contribution >= 0.6 is 0 Å². The van der Waals surface area contributed by atoms with Crippen LogP contribution in [0.2, 0.25) is 0 Å². The number of hydrogen-bond donors (Lipinski definition) is 1. The molecule has 0 amide bonds. The van der Waals surface area contributed by atoms with E-state index in [1.165, 1.54) is 11.1 Å². The highest BCUT2D eigenvalue weighted by Crippen LogP contribution is 2.28. The quantitative estimate of drug-likeness (QED) is 0.850. The smallest absolute Gasteiger partial charge is 0.162 e. The van der Waals surface area contributed by atoms with Gasteiger partial charge in [-0.05, 0) is 25.0 Å². The number of fused-ring (bicyclic) bond motifs is 1. The summed E-state index contributed by atoms with van der Waals surface area (Å²) in [7, 11) is 0. The number of benzene rings is 1. The van der Waals surface area contributed by atoms with Crippen LogP contribution in [0.4, 0.5) is 5.82 Å². The van der Waals surface area contributed by atoms with Crippen LogP contribution in [0.15, 0.2) is 18.2 Å². The molecule has 3 rings (SSSR count). The number of aromatic nitrogens is 2. The van der Waals surface area contributed by atoms with Gasteiger partial charge in [0.1, 0.15) is 5.82 Å². The zero-order valence-electron chi connectivity index (χ0n) is 11.2. The highest BCUT2D eigenvalue weighted by atomic mass is 16.5. The van der Waals surface area contributed by atoms with E-state index in [0.717, 1.165) is 29.1 Å². The van der Waals surface area contributed by atoms with Crippen molar-refractivity contribution in [1.29, 1.82) is 0 Å². The van der Waals surface area contributed by atoms with E-state index in [-0.39, 0.29) is 0 Å². The summed E-state index contributed by atoms with van der Waals surface area (Å²) in [6, 6.07) is 6.19. The Morgan fingerprint density at radius 3 is 2.63 bits per heavy atom. The fraction of sp³-hybridized carbons (Fsp3) is 0.333. The Labute approximate surface area is 112 Å². The number of hydrogen-bond acceptors (Lipinski definition) is 4. The van der Waals surface area contributed by atoms with Crippen LogP contribution in [0.5, 0.6) is 0 Å². The van der Waals surface area contributed by atoms with E-state index in [0.29, 0.717) is 19.0 Å². The van der Waals surface area contributed by atoms with Crippen molar-refractivity contribution in [2.75, 3.05) is 12.3 Å². The predicted molar refractivity (Wildman–Crippen MR) is 74.7 cm³/mol. The standard InChI is InChI=1S/C15H17N3O/c1-9-4-3-5-10(2)13(9)15-17-12-6-7-19-8-11(12)14(16)18-15/h3-5H,6-8H2,1-2H3,(H2,16,17,18). The maximum atomic E-state index is 6.05. The maximum absolute atomic E-state index is 6.05. The lowest BCUT2D eigenvalue weighted by Gasteiger charge is -2.18. The third kappa shape index (κ3) is 2.08. The van der Waals surface area contributed by atoms with Crippen molar-refractivity contribution in [3.63, 3.8) is 0 Å². The van der Waals surface area contributed by atoms with Crippen molar-refractivity contribution < 1.29 is 4.74 Å². The fourth-order valence-electron chi connectivity index (χ4n) is 2.54. The summed E-state index contributed by atoms with van der Waals surface area (Å²) in [5.41, 5.74) is 11.5. The Balaban J connectivity index is 2.19. The van der Waals surface area contributed by atoms with Gasteiger partial charge in [0.05, 0.1) is 18.9 Å². The number of nitrogens with two attached hydrogens (primary N) is 1. The summed E-state index contributed by atoms with van der Waals surface area (Å²) in [6.45, 7) is 5.37. The number of ether oxygens (including phenoxy) is 1. The Kier molecular flexibility index (Phi) is 2.95. The molecule has 2 N–H and O–H groups in total. The number of aryl methyl sites for hydroxylation is 2. The first kappa shape index (κ1) is 12.1. The highest BCUT2D eigenvalue weighted by molar-refractivity contribution is 5.66. The van der Waals surface area contributed by atoms with E-state index in [1.54, 1.807) is 0 Å². The van der Waals surface area contributed by atoms with E-state index in [4.69, 9.17) is 15.5 Å². The average molecular weight is 255 g/mol. The number of nitrogen functional groups attached to an aromatic ring is 1. The van der Waals surface area contributed by atoms with E-state index in [1.807, 2.05) is 6.07 Å². The molecule has 1 aliphatic heterocycles. The molecule has 1 aromatic carbocycles. The van der Waals surface area contributed by atoms with Gasteiger partial charge in [0.25, 0.3) is 0 Å². The zero-order chi connectivity index (χ0) is 13.4. The van der Waals surface area contributed by atoms with Crippen LogP contribution in [0.25, 0.3) is 11.4 Å². The predicted octanol–water partition coefficient (Wildman–Crippen LogP) is 2.42. The topological polar surface area (TPSA) is 61.0 Å². The Morgan fingerprint density at radius 1 is 1.16 bits per heavy atom. The molecule has 0 atom stereocenters. The molecule has 2 aromatic rings. The molecule has 98 valence electrons. The normalized spacial score (nSPS) is 14.2. The van der Waals surface area contributed by atoms with Gasteiger partial charge >= 0.3 is 0 Å². The molecule has 4 nitrogen and oxygen atoms in total. The first-order valence-electron chi connectivity index (χ1n) is 6.46. The van der Waals surface area contributed by atoms with Crippen LogP contribution in [0.1, 0.15) is 22.4 Å². The van der Waals surface area contributed by atoms with Crippen molar-refractivity contribution in [2.45, 2.75) is 26.9 Å². The molecule has 0 saturated carbocycles. The van der Waals surface area contributed by atoms with Gasteiger partial charge in [-0.2, -0.15) is 0 Å². The Morgan fingerprint density at radius 2 is 1.89 bits per heavy atom. The van der Waals surface area contributed by atoms with Crippen molar-refractivity contribution in [3.05, 3.63) is 40.6 Å². The molecular formula is C15H17N3O. The molecule has 0 aliphatic carbocycles. The van der Waals surface area contributed by atoms with Gasteiger partial charge in [0.15, 0.2) is 5.82 Å². The second-order valence-electron chi connectivity index (χ2n) is 4.93. The van der Waals surface area contributed by atoms with Crippen molar-refractivity contribution in [2.24, 2.45) is 0 Å². The lowest BCUT2D eigenvalue weighted by atomic mass is 10.0. The first-order valence-corrected chi connectivity index (χ1v) is 6.46. The number of rotatable bonds is 1. The van der Waals surface area contributed by atoms with Crippen LogP contribution in [0, 0.1) is 13.8 Å². The Bertz CT molecular complexity index is 617. The van der Waals surface area contributed by atoms with Crippen LogP contribution in [-0.2, 0) is 17.8 Å². The van der Waals surface area contributed by atoms with Crippen molar-refractivity contribution >= 4 is 5.82 Å². The second kappa shape index (κ2) is 4.63. The molecule has 0 radical (unpaired) electrons. The van der Waals surface area contributed by atoms with Gasteiger partial charge in [-0.3, -0.25) is 0 Å². The molecule has 1 aromatic heterocycles. The molecule has 2 heterocycles. The average Bonchev–Trinajstić information content (AvgIpc) is 2.38. The van der Waals surface area contributed by atoms with Gasteiger partial charge in [0.2, 0.25) is 0 Å². The number of anilines is 1.